The molecule has 6 nitrogen and oxygen atoms in total. The molecule has 4 rings (SSSR count). The molecular formula is C24H24ClN5O. The fourth-order valence-electron chi connectivity index (χ4n) is 3.16. The summed E-state index contributed by atoms with van der Waals surface area (Å²) in [5.41, 5.74) is 5.00. The molecule has 2 aromatic heterocycles. The summed E-state index contributed by atoms with van der Waals surface area (Å²) in [5.74, 6) is 1.13. The van der Waals surface area contributed by atoms with Crippen LogP contribution in [0, 0.1) is 13.8 Å². The summed E-state index contributed by atoms with van der Waals surface area (Å²) in [7, 11) is 0. The first kappa shape index (κ1) is 20.9. The minimum Gasteiger partial charge on any atom is -0.424 e. The number of aryl methyl sites for hydroxylation is 1. The van der Waals surface area contributed by atoms with Crippen molar-refractivity contribution in [3.63, 3.8) is 0 Å². The van der Waals surface area contributed by atoms with E-state index in [1.165, 1.54) is 0 Å². The van der Waals surface area contributed by atoms with Gasteiger partial charge in [0.15, 0.2) is 0 Å². The first-order valence-corrected chi connectivity index (χ1v) is 10.5. The van der Waals surface area contributed by atoms with Crippen LogP contribution in [0.25, 0.3) is 11.1 Å². The highest BCUT2D eigenvalue weighted by Crippen LogP contribution is 2.31. The molecule has 0 amide bonds. The zero-order valence-electron chi connectivity index (χ0n) is 17.9. The van der Waals surface area contributed by atoms with Crippen LogP contribution in [0.5, 0.6) is 11.8 Å². The number of nitrogens with one attached hydrogen (secondary N) is 1. The summed E-state index contributed by atoms with van der Waals surface area (Å²) >= 11 is 6.22. The summed E-state index contributed by atoms with van der Waals surface area (Å²) in [6.07, 6.45) is 1.82. The SMILES string of the molecule is Cc1cc(-c2ccc(Nc3nc(Oc4cccc(Cl)c4C)n(C(C)C)n3)cc2)ccn1. The van der Waals surface area contributed by atoms with Crippen LogP contribution < -0.4 is 10.1 Å². The number of anilines is 2. The van der Waals surface area contributed by atoms with Gasteiger partial charge in [-0.3, -0.25) is 4.98 Å². The summed E-state index contributed by atoms with van der Waals surface area (Å²) < 4.78 is 7.79. The molecule has 0 unspecified atom stereocenters. The van der Waals surface area contributed by atoms with Crippen molar-refractivity contribution in [2.24, 2.45) is 0 Å². The lowest BCUT2D eigenvalue weighted by Crippen LogP contribution is -2.06. The van der Waals surface area contributed by atoms with Crippen LogP contribution in [0.1, 0.15) is 31.1 Å². The Labute approximate surface area is 186 Å². The number of ether oxygens (including phenoxy) is 1. The molecule has 31 heavy (non-hydrogen) atoms. The van der Waals surface area contributed by atoms with Crippen molar-refractivity contribution >= 4 is 23.2 Å². The minimum atomic E-state index is 0.0786. The summed E-state index contributed by atoms with van der Waals surface area (Å²) in [5, 5.41) is 8.48. The van der Waals surface area contributed by atoms with E-state index < -0.39 is 0 Å². The zero-order valence-corrected chi connectivity index (χ0v) is 18.7. The van der Waals surface area contributed by atoms with E-state index in [9.17, 15) is 0 Å². The molecule has 0 aliphatic carbocycles. The van der Waals surface area contributed by atoms with Crippen molar-refractivity contribution < 1.29 is 4.74 Å². The Bertz CT molecular complexity index is 1200. The van der Waals surface area contributed by atoms with Crippen LogP contribution in [-0.2, 0) is 0 Å². The summed E-state index contributed by atoms with van der Waals surface area (Å²) in [4.78, 5) is 8.81. The Hall–Kier alpha value is -3.38. The largest absolute Gasteiger partial charge is 0.424 e. The number of rotatable bonds is 6. The van der Waals surface area contributed by atoms with Crippen LogP contribution in [0.2, 0.25) is 5.02 Å². The molecule has 0 spiro atoms. The lowest BCUT2D eigenvalue weighted by Gasteiger charge is -2.11. The molecule has 2 aromatic carbocycles. The average molecular weight is 434 g/mol. The van der Waals surface area contributed by atoms with E-state index in [4.69, 9.17) is 16.3 Å². The first-order chi connectivity index (χ1) is 14.9. The fraction of sp³-hybridized carbons (Fsp3) is 0.208. The van der Waals surface area contributed by atoms with Crippen LogP contribution in [-0.4, -0.2) is 19.7 Å². The van der Waals surface area contributed by atoms with Gasteiger partial charge in [-0.2, -0.15) is 4.98 Å². The van der Waals surface area contributed by atoms with Gasteiger partial charge in [0.25, 0.3) is 0 Å². The monoisotopic (exact) mass is 433 g/mol. The maximum atomic E-state index is 6.22. The third-order valence-electron chi connectivity index (χ3n) is 4.88. The van der Waals surface area contributed by atoms with Gasteiger partial charge in [0.05, 0.1) is 6.04 Å². The van der Waals surface area contributed by atoms with Crippen LogP contribution in [0.4, 0.5) is 11.6 Å². The van der Waals surface area contributed by atoms with Gasteiger partial charge in [0.1, 0.15) is 5.75 Å². The summed E-state index contributed by atoms with van der Waals surface area (Å²) in [6.45, 7) is 7.96. The molecule has 0 aliphatic rings. The molecule has 158 valence electrons. The van der Waals surface area contributed by atoms with Gasteiger partial charge in [0.2, 0.25) is 5.95 Å². The smallest absolute Gasteiger partial charge is 0.322 e. The van der Waals surface area contributed by atoms with Gasteiger partial charge in [0, 0.05) is 28.2 Å². The molecule has 0 saturated carbocycles. The highest BCUT2D eigenvalue weighted by atomic mass is 35.5. The van der Waals surface area contributed by atoms with Crippen LogP contribution in [0.3, 0.4) is 0 Å². The van der Waals surface area contributed by atoms with Crippen molar-refractivity contribution in [3.05, 3.63) is 77.1 Å². The van der Waals surface area contributed by atoms with E-state index in [1.54, 1.807) is 4.68 Å². The quantitative estimate of drug-likeness (QED) is 0.365. The lowest BCUT2D eigenvalue weighted by molar-refractivity contribution is 0.375. The van der Waals surface area contributed by atoms with Crippen LogP contribution in [0.15, 0.2) is 60.8 Å². The van der Waals surface area contributed by atoms with Crippen molar-refractivity contribution in [1.29, 1.82) is 0 Å². The van der Waals surface area contributed by atoms with Crippen molar-refractivity contribution in [2.75, 3.05) is 5.32 Å². The molecule has 2 heterocycles. The Balaban J connectivity index is 1.56. The molecule has 0 atom stereocenters. The Morgan fingerprint density at radius 2 is 1.77 bits per heavy atom. The zero-order chi connectivity index (χ0) is 22.0. The number of nitrogens with zero attached hydrogens (tertiary/aromatic N) is 4. The molecule has 0 fully saturated rings. The predicted molar refractivity (Wildman–Crippen MR) is 124 cm³/mol. The van der Waals surface area contributed by atoms with E-state index in [0.29, 0.717) is 22.7 Å². The predicted octanol–water partition coefficient (Wildman–Crippen LogP) is 6.73. The molecule has 1 N–H and O–H groups in total. The number of hydrogen-bond acceptors (Lipinski definition) is 5. The standard InChI is InChI=1S/C24H24ClN5O/c1-15(2)30-24(31-22-7-5-6-21(25)17(22)4)28-23(29-30)27-20-10-8-18(9-11-20)19-12-13-26-16(3)14-19/h5-15H,1-4H3,(H,27,29). The first-order valence-electron chi connectivity index (χ1n) is 10.1. The second kappa shape index (κ2) is 8.78. The molecule has 0 saturated heterocycles. The summed E-state index contributed by atoms with van der Waals surface area (Å²) in [6, 6.07) is 18.2. The Kier molecular flexibility index (Phi) is 5.91. The van der Waals surface area contributed by atoms with Gasteiger partial charge in [-0.15, -0.1) is 5.10 Å². The average Bonchev–Trinajstić information content (AvgIpc) is 3.14. The van der Waals surface area contributed by atoms with E-state index >= 15 is 0 Å². The molecule has 0 aliphatic heterocycles. The van der Waals surface area contributed by atoms with Gasteiger partial charge < -0.3 is 10.1 Å². The lowest BCUT2D eigenvalue weighted by atomic mass is 10.1. The third-order valence-corrected chi connectivity index (χ3v) is 5.29. The Morgan fingerprint density at radius 1 is 1.00 bits per heavy atom. The molecule has 7 heteroatoms. The third kappa shape index (κ3) is 4.70. The maximum Gasteiger partial charge on any atom is 0.322 e. The van der Waals surface area contributed by atoms with Gasteiger partial charge >= 0.3 is 6.01 Å². The van der Waals surface area contributed by atoms with Gasteiger partial charge in [-0.1, -0.05) is 29.8 Å². The fourth-order valence-corrected chi connectivity index (χ4v) is 3.33. The number of benzene rings is 2. The van der Waals surface area contributed by atoms with E-state index in [2.05, 4.69) is 38.6 Å². The maximum absolute atomic E-state index is 6.22. The topological polar surface area (TPSA) is 64.9 Å². The number of halogens is 1. The number of hydrogen-bond donors (Lipinski definition) is 1. The second-order valence-corrected chi connectivity index (χ2v) is 8.02. The van der Waals surface area contributed by atoms with Gasteiger partial charge in [-0.05, 0) is 75.2 Å². The van der Waals surface area contributed by atoms with Crippen molar-refractivity contribution in [1.82, 2.24) is 19.7 Å². The minimum absolute atomic E-state index is 0.0786. The van der Waals surface area contributed by atoms with E-state index in [-0.39, 0.29) is 6.04 Å². The van der Waals surface area contributed by atoms with Gasteiger partial charge in [-0.25, -0.2) is 4.68 Å². The van der Waals surface area contributed by atoms with E-state index in [1.807, 2.05) is 70.3 Å². The molecule has 4 aromatic rings. The molecular weight excluding hydrogens is 410 g/mol. The number of pyridine rings is 1. The molecule has 0 radical (unpaired) electrons. The molecule has 0 bridgehead atoms. The van der Waals surface area contributed by atoms with Crippen molar-refractivity contribution in [2.45, 2.75) is 33.7 Å². The van der Waals surface area contributed by atoms with Crippen molar-refractivity contribution in [3.8, 4) is 22.9 Å². The highest BCUT2D eigenvalue weighted by molar-refractivity contribution is 6.31. The Morgan fingerprint density at radius 3 is 2.48 bits per heavy atom. The normalized spacial score (nSPS) is 11.0. The van der Waals surface area contributed by atoms with E-state index in [0.717, 1.165) is 28.1 Å². The highest BCUT2D eigenvalue weighted by Gasteiger charge is 2.16. The van der Waals surface area contributed by atoms with Crippen LogP contribution >= 0.6 is 11.6 Å². The number of aromatic nitrogens is 4. The second-order valence-electron chi connectivity index (χ2n) is 7.61.